The number of carbonyl (C=O) groups excluding carboxylic acids is 2. The summed E-state index contributed by atoms with van der Waals surface area (Å²) in [7, 11) is -8.38. The van der Waals surface area contributed by atoms with E-state index in [1.165, 1.54) is 40.6 Å². The molecule has 14 nitrogen and oxygen atoms in total. The Balaban J connectivity index is 0.995. The van der Waals surface area contributed by atoms with Crippen LogP contribution in [0.2, 0.25) is 5.02 Å². The highest BCUT2D eigenvalue weighted by molar-refractivity contribution is 7.99. The van der Waals surface area contributed by atoms with Crippen molar-refractivity contribution >= 4 is 72.9 Å². The molecule has 374 valence electrons. The number of allylic oxidation sites excluding steroid dienone is 1. The van der Waals surface area contributed by atoms with Crippen molar-refractivity contribution in [3.63, 3.8) is 0 Å². The SMILES string of the molecule is CC1(C)CCC(c2ccc(Cl)cc2)=C(CN2CCN(c3ccc(C(=O)NS(=O)(=O)c4ccc(N[C@H](CCN5CCN(C(=O)CN=[N+]=[N-])CC5)CSc5ccccc5)c(S(=O)C(F)(F)F)c4)cc3)CC2)C1. The molecule has 0 radical (unpaired) electrons. The zero-order chi connectivity index (χ0) is 50.1. The van der Waals surface area contributed by atoms with E-state index in [9.17, 15) is 35.4 Å². The number of halogens is 4. The van der Waals surface area contributed by atoms with Crippen molar-refractivity contribution in [3.05, 3.63) is 129 Å². The lowest BCUT2D eigenvalue weighted by Crippen LogP contribution is -2.50. The number of carbonyl (C=O) groups is 2. The minimum Gasteiger partial charge on any atom is -0.380 e. The molecule has 0 bridgehead atoms. The minimum absolute atomic E-state index is 0.0323. The van der Waals surface area contributed by atoms with Crippen LogP contribution in [0.25, 0.3) is 16.0 Å². The topological polar surface area (TPSA) is 171 Å². The number of hydrogen-bond acceptors (Lipinski definition) is 11. The smallest absolute Gasteiger partial charge is 0.380 e. The summed E-state index contributed by atoms with van der Waals surface area (Å²) in [5, 5.41) is 7.18. The number of sulfonamides is 1. The standard InChI is InChI=1S/C49H57ClF3N9O5S3/c1-48(2)20-18-43(35-8-12-38(50)13-9-35)37(31-48)33-60-24-26-61(27-25-60)40-14-10-36(11-15-40)47(64)57-70(66,67)42-16-17-44(45(30-42)69(65)49(51,52)53)56-39(34-68-41-6-4-3-5-7-41)19-21-59-22-28-62(29-23-59)46(63)32-55-58-54/h3-17,30,39,56H,18-29,31-34H2,1-2H3,(H,57,64)/t39-,69?/m1/s1. The Labute approximate surface area is 419 Å². The minimum atomic E-state index is -5.23. The molecule has 2 saturated heterocycles. The van der Waals surface area contributed by atoms with Crippen molar-refractivity contribution in [3.8, 4) is 0 Å². The third kappa shape index (κ3) is 14.3. The second-order valence-corrected chi connectivity index (χ2v) is 23.1. The van der Waals surface area contributed by atoms with Gasteiger partial charge in [-0.3, -0.25) is 19.4 Å². The Hall–Kier alpha value is -5.08. The molecule has 2 amide bonds. The van der Waals surface area contributed by atoms with Gasteiger partial charge in [-0.25, -0.2) is 17.3 Å². The van der Waals surface area contributed by atoms with E-state index in [4.69, 9.17) is 17.1 Å². The molecule has 1 unspecified atom stereocenters. The Bertz CT molecular complexity index is 2690. The summed E-state index contributed by atoms with van der Waals surface area (Å²) < 4.78 is 85.0. The quantitative estimate of drug-likeness (QED) is 0.0424. The molecule has 1 aliphatic carbocycles. The molecule has 7 rings (SSSR count). The average Bonchev–Trinajstić information content (AvgIpc) is 3.34. The fourth-order valence-corrected chi connectivity index (χ4v) is 12.0. The Kier molecular flexibility index (Phi) is 17.7. The van der Waals surface area contributed by atoms with Gasteiger partial charge >= 0.3 is 5.51 Å². The largest absolute Gasteiger partial charge is 0.475 e. The van der Waals surface area contributed by atoms with Gasteiger partial charge in [0, 0.05) is 103 Å². The Morgan fingerprint density at radius 3 is 2.24 bits per heavy atom. The van der Waals surface area contributed by atoms with Crippen LogP contribution in [-0.2, 0) is 25.6 Å². The number of azide groups is 1. The second kappa shape index (κ2) is 23.4. The van der Waals surface area contributed by atoms with Gasteiger partial charge in [0.05, 0.1) is 15.5 Å². The number of alkyl halides is 3. The van der Waals surface area contributed by atoms with Crippen molar-refractivity contribution in [2.45, 2.75) is 65.8 Å². The van der Waals surface area contributed by atoms with E-state index >= 15 is 0 Å². The number of thioether (sulfide) groups is 1. The van der Waals surface area contributed by atoms with Gasteiger partial charge in [0.1, 0.15) is 6.54 Å². The molecule has 2 heterocycles. The van der Waals surface area contributed by atoms with E-state index in [1.807, 2.05) is 47.2 Å². The summed E-state index contributed by atoms with van der Waals surface area (Å²) in [6.07, 6.45) is 3.59. The Morgan fingerprint density at radius 2 is 1.59 bits per heavy atom. The number of piperazine rings is 2. The summed E-state index contributed by atoms with van der Waals surface area (Å²) in [6, 6.07) is 26.4. The van der Waals surface area contributed by atoms with Crippen LogP contribution in [0, 0.1) is 5.41 Å². The van der Waals surface area contributed by atoms with Crippen molar-refractivity contribution < 1.29 is 35.4 Å². The number of anilines is 2. The number of rotatable bonds is 18. The maximum Gasteiger partial charge on any atom is 0.475 e. The molecule has 2 fully saturated rings. The number of amides is 2. The summed E-state index contributed by atoms with van der Waals surface area (Å²) in [6.45, 7) is 10.7. The number of nitrogens with zero attached hydrogens (tertiary/aromatic N) is 7. The van der Waals surface area contributed by atoms with Crippen LogP contribution in [0.5, 0.6) is 0 Å². The first-order valence-corrected chi connectivity index (χ1v) is 27.1. The molecule has 70 heavy (non-hydrogen) atoms. The molecule has 4 aromatic carbocycles. The molecule has 2 aliphatic heterocycles. The fourth-order valence-electron chi connectivity index (χ4n) is 9.01. The maximum atomic E-state index is 14.2. The molecule has 4 aromatic rings. The van der Waals surface area contributed by atoms with Gasteiger partial charge in [-0.1, -0.05) is 66.5 Å². The van der Waals surface area contributed by atoms with Crippen LogP contribution in [0.3, 0.4) is 0 Å². The zero-order valence-corrected chi connectivity index (χ0v) is 42.2. The van der Waals surface area contributed by atoms with Crippen molar-refractivity contribution in [2.24, 2.45) is 10.5 Å². The van der Waals surface area contributed by atoms with Crippen molar-refractivity contribution in [1.29, 1.82) is 0 Å². The van der Waals surface area contributed by atoms with E-state index < -0.39 is 48.1 Å². The van der Waals surface area contributed by atoms with Gasteiger partial charge in [-0.2, -0.15) is 13.2 Å². The van der Waals surface area contributed by atoms with Crippen LogP contribution in [0.1, 0.15) is 55.5 Å². The van der Waals surface area contributed by atoms with Crippen LogP contribution in [0.4, 0.5) is 24.5 Å². The molecule has 2 atom stereocenters. The van der Waals surface area contributed by atoms with Gasteiger partial charge in [-0.15, -0.1) is 11.8 Å². The molecule has 2 N–H and O–H groups in total. The van der Waals surface area contributed by atoms with Gasteiger partial charge < -0.3 is 15.1 Å². The summed E-state index contributed by atoms with van der Waals surface area (Å²) in [5.41, 5.74) is 8.35. The van der Waals surface area contributed by atoms with E-state index in [0.717, 1.165) is 74.7 Å². The highest BCUT2D eigenvalue weighted by Gasteiger charge is 2.40. The lowest BCUT2D eigenvalue weighted by molar-refractivity contribution is -0.131. The lowest BCUT2D eigenvalue weighted by Gasteiger charge is -2.39. The maximum absolute atomic E-state index is 14.2. The van der Waals surface area contributed by atoms with E-state index in [1.54, 1.807) is 17.0 Å². The molecule has 0 spiro atoms. The van der Waals surface area contributed by atoms with Gasteiger partial charge in [0.25, 0.3) is 15.9 Å². The van der Waals surface area contributed by atoms with Crippen LogP contribution < -0.4 is 14.9 Å². The lowest BCUT2D eigenvalue weighted by atomic mass is 9.73. The normalized spacial score (nSPS) is 17.9. The summed E-state index contributed by atoms with van der Waals surface area (Å²) >= 11 is 7.66. The number of hydrogen-bond donors (Lipinski definition) is 2. The first-order chi connectivity index (χ1) is 33.4. The van der Waals surface area contributed by atoms with Crippen LogP contribution >= 0.6 is 23.4 Å². The fraction of sp³-hybridized carbons (Fsp3) is 0.429. The Morgan fingerprint density at radius 1 is 0.914 bits per heavy atom. The third-order valence-electron chi connectivity index (χ3n) is 12.9. The van der Waals surface area contributed by atoms with E-state index in [2.05, 4.69) is 56.0 Å². The molecule has 0 saturated carbocycles. The highest BCUT2D eigenvalue weighted by Crippen LogP contribution is 2.43. The van der Waals surface area contributed by atoms with Crippen LogP contribution in [0.15, 0.2) is 122 Å². The average molecular weight is 1040 g/mol. The summed E-state index contributed by atoms with van der Waals surface area (Å²) in [4.78, 5) is 36.2. The van der Waals surface area contributed by atoms with Gasteiger partial charge in [0.2, 0.25) is 5.91 Å². The first kappa shape index (κ1) is 52.7. The molecule has 3 aliphatic rings. The molecule has 0 aromatic heterocycles. The first-order valence-electron chi connectivity index (χ1n) is 23.1. The number of nitrogens with one attached hydrogen (secondary N) is 2. The summed E-state index contributed by atoms with van der Waals surface area (Å²) in [5.74, 6) is -0.864. The predicted molar refractivity (Wildman–Crippen MR) is 271 cm³/mol. The monoisotopic (exact) mass is 1040 g/mol. The third-order valence-corrected chi connectivity index (χ3v) is 16.8. The molecule has 21 heteroatoms. The van der Waals surface area contributed by atoms with E-state index in [0.29, 0.717) is 56.0 Å². The van der Waals surface area contributed by atoms with Gasteiger partial charge in [0.15, 0.2) is 10.8 Å². The predicted octanol–water partition coefficient (Wildman–Crippen LogP) is 9.29. The molecular formula is C49H57ClF3N9O5S3. The van der Waals surface area contributed by atoms with Crippen molar-refractivity contribution in [1.82, 2.24) is 19.4 Å². The highest BCUT2D eigenvalue weighted by atomic mass is 35.5. The molecular weight excluding hydrogens is 983 g/mol. The number of benzene rings is 4. The van der Waals surface area contributed by atoms with Crippen molar-refractivity contribution in [2.75, 3.05) is 88.0 Å². The van der Waals surface area contributed by atoms with Crippen LogP contribution in [-0.4, -0.2) is 128 Å². The van der Waals surface area contributed by atoms with E-state index in [-0.39, 0.29) is 29.1 Å². The zero-order valence-electron chi connectivity index (χ0n) is 39.0. The van der Waals surface area contributed by atoms with Gasteiger partial charge in [-0.05, 0) is 114 Å². The second-order valence-electron chi connectivity index (χ2n) is 18.4.